The van der Waals surface area contributed by atoms with E-state index in [1.54, 1.807) is 0 Å². The van der Waals surface area contributed by atoms with Crippen LogP contribution in [0.15, 0.2) is 48.5 Å². The fourth-order valence-electron chi connectivity index (χ4n) is 3.75. The second kappa shape index (κ2) is 7.52. The van der Waals surface area contributed by atoms with Gasteiger partial charge >= 0.3 is 0 Å². The Morgan fingerprint density at radius 2 is 0.962 bits per heavy atom. The lowest BCUT2D eigenvalue weighted by Gasteiger charge is -2.31. The van der Waals surface area contributed by atoms with Crippen LogP contribution >= 0.6 is 12.4 Å². The highest BCUT2D eigenvalue weighted by Crippen LogP contribution is 2.36. The lowest BCUT2D eigenvalue weighted by Crippen LogP contribution is -2.29. The van der Waals surface area contributed by atoms with Crippen molar-refractivity contribution in [2.75, 3.05) is 29.6 Å². The van der Waals surface area contributed by atoms with Gasteiger partial charge in [-0.15, -0.1) is 12.4 Å². The number of hydrogen-bond donors (Lipinski definition) is 0. The van der Waals surface area contributed by atoms with Crippen molar-refractivity contribution in [1.82, 2.24) is 0 Å². The smallest absolute Gasteiger partial charge is 0.0904 e. The van der Waals surface area contributed by atoms with Crippen molar-refractivity contribution in [3.8, 4) is 0 Å². The monoisotopic (exact) mass is 372 g/mol. The molecule has 1 heterocycles. The molecule has 0 bridgehead atoms. The summed E-state index contributed by atoms with van der Waals surface area (Å²) >= 11 is 0. The molecule has 0 saturated carbocycles. The molecule has 0 spiro atoms. The summed E-state index contributed by atoms with van der Waals surface area (Å²) < 4.78 is 0. The Hall–Kier alpha value is -1.67. The van der Waals surface area contributed by atoms with Gasteiger partial charge in [0.05, 0.1) is 6.67 Å². The Morgan fingerprint density at radius 3 is 1.31 bits per heavy atom. The van der Waals surface area contributed by atoms with Gasteiger partial charge in [-0.05, 0) is 34.1 Å². The van der Waals surface area contributed by atoms with E-state index in [1.807, 2.05) is 0 Å². The third kappa shape index (κ3) is 4.17. The molecule has 0 aliphatic carbocycles. The SMILES string of the molecule is CC(C)(C)c1ccccc1N1CCN(c2ccccc2C(C)(C)C)C1.Cl. The van der Waals surface area contributed by atoms with Gasteiger partial charge in [0.15, 0.2) is 0 Å². The molecule has 1 fully saturated rings. The molecule has 2 aromatic rings. The van der Waals surface area contributed by atoms with Gasteiger partial charge < -0.3 is 9.80 Å². The Morgan fingerprint density at radius 1 is 0.615 bits per heavy atom. The molecule has 3 heteroatoms. The van der Waals surface area contributed by atoms with Gasteiger partial charge in [-0.3, -0.25) is 0 Å². The van der Waals surface area contributed by atoms with Crippen molar-refractivity contribution >= 4 is 23.8 Å². The van der Waals surface area contributed by atoms with E-state index >= 15 is 0 Å². The summed E-state index contributed by atoms with van der Waals surface area (Å²) in [6, 6.07) is 17.8. The van der Waals surface area contributed by atoms with E-state index in [4.69, 9.17) is 0 Å². The van der Waals surface area contributed by atoms with Crippen molar-refractivity contribution in [1.29, 1.82) is 0 Å². The summed E-state index contributed by atoms with van der Waals surface area (Å²) in [5.41, 5.74) is 5.94. The minimum Gasteiger partial charge on any atom is -0.352 e. The molecule has 0 aromatic heterocycles. The average molecular weight is 373 g/mol. The molecule has 0 unspecified atom stereocenters. The van der Waals surface area contributed by atoms with Crippen LogP contribution in [0.3, 0.4) is 0 Å². The van der Waals surface area contributed by atoms with Crippen molar-refractivity contribution in [3.63, 3.8) is 0 Å². The van der Waals surface area contributed by atoms with E-state index in [2.05, 4.69) is 99.9 Å². The summed E-state index contributed by atoms with van der Waals surface area (Å²) in [5.74, 6) is 0. The fourth-order valence-corrected chi connectivity index (χ4v) is 3.75. The van der Waals surface area contributed by atoms with Crippen LogP contribution in [-0.2, 0) is 10.8 Å². The van der Waals surface area contributed by atoms with Gasteiger partial charge in [-0.1, -0.05) is 77.9 Å². The molecule has 142 valence electrons. The van der Waals surface area contributed by atoms with Gasteiger partial charge in [0.25, 0.3) is 0 Å². The van der Waals surface area contributed by atoms with E-state index in [0.29, 0.717) is 0 Å². The van der Waals surface area contributed by atoms with Crippen molar-refractivity contribution < 1.29 is 0 Å². The van der Waals surface area contributed by atoms with Gasteiger partial charge in [-0.25, -0.2) is 0 Å². The highest BCUT2D eigenvalue weighted by molar-refractivity contribution is 5.85. The van der Waals surface area contributed by atoms with Crippen LogP contribution in [0.4, 0.5) is 11.4 Å². The van der Waals surface area contributed by atoms with Gasteiger partial charge in [0.2, 0.25) is 0 Å². The molecule has 0 N–H and O–H groups in total. The molecule has 0 amide bonds. The Kier molecular flexibility index (Phi) is 5.97. The highest BCUT2D eigenvalue weighted by Gasteiger charge is 2.28. The minimum atomic E-state index is 0. The fraction of sp³-hybridized carbons (Fsp3) is 0.478. The number of rotatable bonds is 2. The lowest BCUT2D eigenvalue weighted by atomic mass is 9.85. The zero-order valence-electron chi connectivity index (χ0n) is 17.0. The van der Waals surface area contributed by atoms with Crippen LogP contribution in [0.25, 0.3) is 0 Å². The second-order valence-corrected chi connectivity index (χ2v) is 9.20. The number of anilines is 2. The molecule has 2 nitrogen and oxygen atoms in total. The van der Waals surface area contributed by atoms with Crippen molar-refractivity contribution in [2.45, 2.75) is 52.4 Å². The summed E-state index contributed by atoms with van der Waals surface area (Å²) in [7, 11) is 0. The maximum Gasteiger partial charge on any atom is 0.0904 e. The largest absolute Gasteiger partial charge is 0.352 e. The highest BCUT2D eigenvalue weighted by atomic mass is 35.5. The zero-order chi connectivity index (χ0) is 18.2. The van der Waals surface area contributed by atoms with Gasteiger partial charge in [0.1, 0.15) is 0 Å². The topological polar surface area (TPSA) is 6.48 Å². The van der Waals surface area contributed by atoms with Crippen LogP contribution in [-0.4, -0.2) is 19.8 Å². The molecule has 0 atom stereocenters. The molecule has 3 rings (SSSR count). The molecular weight excluding hydrogens is 340 g/mol. The van der Waals surface area contributed by atoms with Gasteiger partial charge in [0, 0.05) is 24.5 Å². The summed E-state index contributed by atoms with van der Waals surface area (Å²) in [6.07, 6.45) is 0. The maximum atomic E-state index is 2.53. The van der Waals surface area contributed by atoms with Crippen molar-refractivity contribution in [2.24, 2.45) is 0 Å². The summed E-state index contributed by atoms with van der Waals surface area (Å²) in [5, 5.41) is 0. The first kappa shape index (κ1) is 20.6. The molecule has 26 heavy (non-hydrogen) atoms. The Labute approximate surface area is 165 Å². The first-order valence-electron chi connectivity index (χ1n) is 9.37. The Balaban J connectivity index is 0.00000243. The minimum absolute atomic E-state index is 0. The third-order valence-corrected chi connectivity index (χ3v) is 5.09. The number of para-hydroxylation sites is 2. The van der Waals surface area contributed by atoms with E-state index in [9.17, 15) is 0 Å². The van der Waals surface area contributed by atoms with Crippen LogP contribution in [0.2, 0.25) is 0 Å². The average Bonchev–Trinajstić information content (AvgIpc) is 3.03. The van der Waals surface area contributed by atoms with E-state index in [1.165, 1.54) is 22.5 Å². The van der Waals surface area contributed by atoms with Crippen LogP contribution in [0, 0.1) is 0 Å². The van der Waals surface area contributed by atoms with E-state index in [-0.39, 0.29) is 23.2 Å². The molecule has 0 radical (unpaired) electrons. The molecule has 1 aliphatic heterocycles. The van der Waals surface area contributed by atoms with E-state index < -0.39 is 0 Å². The van der Waals surface area contributed by atoms with E-state index in [0.717, 1.165) is 19.8 Å². The standard InChI is InChI=1S/C23H32N2.ClH/c1-22(2,3)18-11-7-9-13-20(18)24-15-16-25(17-24)21-14-10-8-12-19(21)23(4,5)6;/h7-14H,15-17H2,1-6H3;1H. The molecular formula is C23H33ClN2. The number of halogens is 1. The van der Waals surface area contributed by atoms with Crippen LogP contribution in [0.5, 0.6) is 0 Å². The van der Waals surface area contributed by atoms with Crippen LogP contribution < -0.4 is 9.80 Å². The third-order valence-electron chi connectivity index (χ3n) is 5.09. The summed E-state index contributed by atoms with van der Waals surface area (Å²) in [4.78, 5) is 5.06. The maximum absolute atomic E-state index is 2.53. The quantitative estimate of drug-likeness (QED) is 0.639. The predicted molar refractivity (Wildman–Crippen MR) is 117 cm³/mol. The molecule has 1 saturated heterocycles. The lowest BCUT2D eigenvalue weighted by molar-refractivity contribution is 0.587. The predicted octanol–water partition coefficient (Wildman–Crippen LogP) is 5.99. The second-order valence-electron chi connectivity index (χ2n) is 9.20. The normalized spacial score (nSPS) is 15.2. The number of benzene rings is 2. The number of hydrogen-bond acceptors (Lipinski definition) is 2. The van der Waals surface area contributed by atoms with Gasteiger partial charge in [-0.2, -0.15) is 0 Å². The zero-order valence-corrected chi connectivity index (χ0v) is 17.9. The number of nitrogens with zero attached hydrogens (tertiary/aromatic N) is 2. The molecule has 1 aliphatic rings. The first-order chi connectivity index (χ1) is 11.7. The first-order valence-corrected chi connectivity index (χ1v) is 9.37. The Bertz CT molecular complexity index is 677. The van der Waals surface area contributed by atoms with Crippen LogP contribution in [0.1, 0.15) is 52.7 Å². The molecule has 2 aromatic carbocycles. The summed E-state index contributed by atoms with van der Waals surface area (Å²) in [6.45, 7) is 16.9. The van der Waals surface area contributed by atoms with Crippen molar-refractivity contribution in [3.05, 3.63) is 59.7 Å².